The van der Waals surface area contributed by atoms with E-state index in [1.807, 2.05) is 48.7 Å². The highest BCUT2D eigenvalue weighted by atomic mass is 32.2. The number of hydrogen-bond acceptors (Lipinski definition) is 10. The Labute approximate surface area is 290 Å². The van der Waals surface area contributed by atoms with Crippen molar-refractivity contribution in [3.05, 3.63) is 112 Å². The minimum absolute atomic E-state index is 0.00603. The quantitative estimate of drug-likeness (QED) is 0.143. The Morgan fingerprint density at radius 2 is 1.78 bits per heavy atom. The number of hydrogen-bond donors (Lipinski definition) is 1. The Balaban J connectivity index is 1.24. The average Bonchev–Trinajstić information content (AvgIpc) is 3.91. The highest BCUT2D eigenvalue weighted by Gasteiger charge is 2.34. The third-order valence-electron chi connectivity index (χ3n) is 7.71. The van der Waals surface area contributed by atoms with Crippen LogP contribution in [0.5, 0.6) is 17.2 Å². The van der Waals surface area contributed by atoms with Gasteiger partial charge in [0.15, 0.2) is 22.5 Å². The molecule has 1 atom stereocenters. The van der Waals surface area contributed by atoms with E-state index >= 15 is 0 Å². The minimum atomic E-state index is -0.378. The number of halogens is 1. The van der Waals surface area contributed by atoms with Gasteiger partial charge in [-0.05, 0) is 78.5 Å². The van der Waals surface area contributed by atoms with Gasteiger partial charge in [0, 0.05) is 17.7 Å². The fourth-order valence-electron chi connectivity index (χ4n) is 5.33. The first-order valence-corrected chi connectivity index (χ1v) is 17.2. The summed E-state index contributed by atoms with van der Waals surface area (Å²) in [6.45, 7) is 2.48. The van der Waals surface area contributed by atoms with E-state index in [-0.39, 0.29) is 36.0 Å². The SMILES string of the molecule is CCOc1ccc(-n2c(CNC(=O)c3ccc(OC)c(OC)c3)nnc2SCC(=O)N2N=C(c3cccs3)C[C@@H]2c2ccc(F)cc2)cc1. The van der Waals surface area contributed by atoms with Gasteiger partial charge in [-0.2, -0.15) is 5.10 Å². The van der Waals surface area contributed by atoms with Crippen LogP contribution in [-0.4, -0.2) is 63.9 Å². The molecule has 3 aromatic carbocycles. The number of ether oxygens (including phenoxy) is 3. The summed E-state index contributed by atoms with van der Waals surface area (Å²) >= 11 is 2.76. The van der Waals surface area contributed by atoms with Gasteiger partial charge in [0.05, 0.1) is 49.8 Å². The van der Waals surface area contributed by atoms with E-state index in [0.717, 1.165) is 21.8 Å². The molecule has 14 heteroatoms. The molecule has 49 heavy (non-hydrogen) atoms. The van der Waals surface area contributed by atoms with E-state index in [2.05, 4.69) is 15.5 Å². The average molecular weight is 701 g/mol. The number of aromatic nitrogens is 3. The number of benzene rings is 3. The molecule has 3 heterocycles. The van der Waals surface area contributed by atoms with E-state index in [0.29, 0.717) is 46.8 Å². The Morgan fingerprint density at radius 1 is 1.00 bits per heavy atom. The van der Waals surface area contributed by atoms with E-state index in [9.17, 15) is 14.0 Å². The molecule has 1 aliphatic heterocycles. The van der Waals surface area contributed by atoms with Crippen LogP contribution in [0.2, 0.25) is 0 Å². The molecule has 2 aromatic heterocycles. The molecule has 5 aromatic rings. The number of hydrazone groups is 1. The second-order valence-corrected chi connectivity index (χ2v) is 12.6. The first-order chi connectivity index (χ1) is 23.9. The van der Waals surface area contributed by atoms with Gasteiger partial charge in [0.2, 0.25) is 0 Å². The molecule has 0 spiro atoms. The first-order valence-electron chi connectivity index (χ1n) is 15.4. The second-order valence-electron chi connectivity index (χ2n) is 10.7. The molecule has 0 unspecified atom stereocenters. The summed E-state index contributed by atoms with van der Waals surface area (Å²) in [7, 11) is 3.03. The van der Waals surface area contributed by atoms with E-state index in [1.54, 1.807) is 46.2 Å². The molecule has 0 aliphatic carbocycles. The minimum Gasteiger partial charge on any atom is -0.494 e. The number of thiophene rings is 1. The summed E-state index contributed by atoms with van der Waals surface area (Å²) < 4.78 is 31.8. The van der Waals surface area contributed by atoms with Crippen LogP contribution in [0.25, 0.3) is 5.69 Å². The lowest BCUT2D eigenvalue weighted by Gasteiger charge is -2.22. The second kappa shape index (κ2) is 15.3. The Kier molecular flexibility index (Phi) is 10.5. The third-order valence-corrected chi connectivity index (χ3v) is 9.54. The van der Waals surface area contributed by atoms with Gasteiger partial charge in [-0.15, -0.1) is 21.5 Å². The molecule has 252 valence electrons. The summed E-state index contributed by atoms with van der Waals surface area (Å²) in [6.07, 6.45) is 0.509. The molecule has 0 bridgehead atoms. The smallest absolute Gasteiger partial charge is 0.253 e. The van der Waals surface area contributed by atoms with Crippen molar-refractivity contribution in [1.82, 2.24) is 25.1 Å². The Morgan fingerprint density at radius 3 is 2.47 bits per heavy atom. The largest absolute Gasteiger partial charge is 0.494 e. The highest BCUT2D eigenvalue weighted by Crippen LogP contribution is 2.35. The van der Waals surface area contributed by atoms with Crippen molar-refractivity contribution in [2.24, 2.45) is 5.10 Å². The summed E-state index contributed by atoms with van der Waals surface area (Å²) in [6, 6.07) is 22.0. The van der Waals surface area contributed by atoms with Gasteiger partial charge >= 0.3 is 0 Å². The molecule has 11 nitrogen and oxygen atoms in total. The van der Waals surface area contributed by atoms with E-state index in [4.69, 9.17) is 19.3 Å². The van der Waals surface area contributed by atoms with Crippen molar-refractivity contribution >= 4 is 40.6 Å². The number of methoxy groups -OCH3 is 2. The summed E-state index contributed by atoms with van der Waals surface area (Å²) in [5.41, 5.74) is 2.70. The highest BCUT2D eigenvalue weighted by molar-refractivity contribution is 7.99. The predicted octanol–water partition coefficient (Wildman–Crippen LogP) is 6.28. The van der Waals surface area contributed by atoms with Crippen molar-refractivity contribution in [3.8, 4) is 22.9 Å². The van der Waals surface area contributed by atoms with Gasteiger partial charge in [-0.25, -0.2) is 9.40 Å². The number of rotatable bonds is 13. The maximum atomic E-state index is 13.8. The first kappa shape index (κ1) is 33.7. The topological polar surface area (TPSA) is 120 Å². The fourth-order valence-corrected chi connectivity index (χ4v) is 6.88. The molecule has 6 rings (SSSR count). The van der Waals surface area contributed by atoms with Crippen LogP contribution in [0.3, 0.4) is 0 Å². The molecule has 0 fully saturated rings. The van der Waals surface area contributed by atoms with Crippen LogP contribution in [0.1, 0.15) is 46.0 Å². The molecular weight excluding hydrogens is 668 g/mol. The fraction of sp³-hybridized carbons (Fsp3) is 0.229. The van der Waals surface area contributed by atoms with Crippen molar-refractivity contribution in [2.75, 3.05) is 26.6 Å². The molecule has 0 radical (unpaired) electrons. The maximum absolute atomic E-state index is 13.8. The Bertz CT molecular complexity index is 1950. The number of carbonyl (C=O) groups is 2. The monoisotopic (exact) mass is 700 g/mol. The van der Waals surface area contributed by atoms with Gasteiger partial charge in [0.1, 0.15) is 11.6 Å². The maximum Gasteiger partial charge on any atom is 0.253 e. The van der Waals surface area contributed by atoms with Crippen LogP contribution in [0.15, 0.2) is 94.5 Å². The number of carbonyl (C=O) groups excluding carboxylic acids is 2. The lowest BCUT2D eigenvalue weighted by atomic mass is 10.0. The summed E-state index contributed by atoms with van der Waals surface area (Å²) in [5.74, 6) is 1.18. The number of nitrogens with zero attached hydrogens (tertiary/aromatic N) is 5. The number of thioether (sulfide) groups is 1. The standard InChI is InChI=1S/C35H33FN6O5S2/c1-4-47-26-14-12-25(13-15-26)41-32(20-37-34(44)23-9-16-29(45-2)30(18-23)46-3)38-39-35(41)49-21-33(43)42-28(22-7-10-24(36)11-8-22)19-27(40-42)31-6-5-17-48-31/h5-18,28H,4,19-21H2,1-3H3,(H,37,44)/t28-/m1/s1. The van der Waals surface area contributed by atoms with Crippen LogP contribution in [0.4, 0.5) is 4.39 Å². The zero-order chi connectivity index (χ0) is 34.3. The van der Waals surface area contributed by atoms with Gasteiger partial charge in [0.25, 0.3) is 11.8 Å². The zero-order valence-corrected chi connectivity index (χ0v) is 28.6. The predicted molar refractivity (Wildman–Crippen MR) is 185 cm³/mol. The summed E-state index contributed by atoms with van der Waals surface area (Å²) in [5, 5.41) is 20.3. The van der Waals surface area contributed by atoms with Crippen molar-refractivity contribution in [2.45, 2.75) is 31.1 Å². The van der Waals surface area contributed by atoms with Crippen molar-refractivity contribution < 1.29 is 28.2 Å². The van der Waals surface area contributed by atoms with E-state index in [1.165, 1.54) is 43.1 Å². The molecule has 2 amide bonds. The van der Waals surface area contributed by atoms with Crippen LogP contribution in [0, 0.1) is 5.82 Å². The lowest BCUT2D eigenvalue weighted by molar-refractivity contribution is -0.130. The van der Waals surface area contributed by atoms with Crippen molar-refractivity contribution in [3.63, 3.8) is 0 Å². The van der Waals surface area contributed by atoms with Gasteiger partial charge < -0.3 is 19.5 Å². The normalized spacial score (nSPS) is 14.0. The lowest BCUT2D eigenvalue weighted by Crippen LogP contribution is -2.28. The van der Waals surface area contributed by atoms with Crippen LogP contribution < -0.4 is 19.5 Å². The zero-order valence-electron chi connectivity index (χ0n) is 27.0. The van der Waals surface area contributed by atoms with E-state index < -0.39 is 0 Å². The van der Waals surface area contributed by atoms with Crippen LogP contribution >= 0.6 is 23.1 Å². The molecule has 0 saturated heterocycles. The summed E-state index contributed by atoms with van der Waals surface area (Å²) in [4.78, 5) is 27.9. The molecule has 1 aliphatic rings. The Hall–Kier alpha value is -5.21. The van der Waals surface area contributed by atoms with Crippen LogP contribution in [-0.2, 0) is 11.3 Å². The van der Waals surface area contributed by atoms with Crippen molar-refractivity contribution in [1.29, 1.82) is 0 Å². The third kappa shape index (κ3) is 7.60. The number of amides is 2. The van der Waals surface area contributed by atoms with Gasteiger partial charge in [-0.3, -0.25) is 14.2 Å². The number of nitrogens with one attached hydrogen (secondary N) is 1. The molecule has 1 N–H and O–H groups in total. The molecule has 0 saturated carbocycles. The van der Waals surface area contributed by atoms with Gasteiger partial charge in [-0.1, -0.05) is 30.0 Å². The molecular formula is C35H33FN6O5S2.